The van der Waals surface area contributed by atoms with Crippen LogP contribution in [-0.2, 0) is 14.3 Å². The predicted molar refractivity (Wildman–Crippen MR) is 109 cm³/mol. The van der Waals surface area contributed by atoms with Crippen molar-refractivity contribution in [2.24, 2.45) is 5.92 Å². The van der Waals surface area contributed by atoms with E-state index in [1.807, 2.05) is 19.9 Å². The van der Waals surface area contributed by atoms with Crippen LogP contribution in [0.5, 0.6) is 0 Å². The van der Waals surface area contributed by atoms with Gasteiger partial charge in [-0.05, 0) is 51.7 Å². The molecule has 3 rings (SSSR count). The highest BCUT2D eigenvalue weighted by molar-refractivity contribution is 5.96. The van der Waals surface area contributed by atoms with E-state index in [0.29, 0.717) is 25.3 Å². The average molecular weight is 402 g/mol. The summed E-state index contributed by atoms with van der Waals surface area (Å²) >= 11 is 0. The van der Waals surface area contributed by atoms with E-state index in [4.69, 9.17) is 4.74 Å². The van der Waals surface area contributed by atoms with Crippen LogP contribution in [0.1, 0.15) is 49.9 Å². The highest BCUT2D eigenvalue weighted by Gasteiger charge is 2.33. The van der Waals surface area contributed by atoms with Crippen molar-refractivity contribution in [3.63, 3.8) is 0 Å². The number of hydrogen-bond donors (Lipinski definition) is 2. The molecule has 0 radical (unpaired) electrons. The molecule has 1 aromatic rings. The van der Waals surface area contributed by atoms with Gasteiger partial charge >= 0.3 is 0 Å². The molecule has 2 saturated heterocycles. The van der Waals surface area contributed by atoms with Crippen molar-refractivity contribution in [3.8, 4) is 0 Å². The Kier molecular flexibility index (Phi) is 6.90. The van der Waals surface area contributed by atoms with Gasteiger partial charge in [-0.2, -0.15) is 0 Å². The zero-order chi connectivity index (χ0) is 20.9. The molecular formula is C22H31N3O4. The van der Waals surface area contributed by atoms with Crippen molar-refractivity contribution in [1.29, 1.82) is 0 Å². The van der Waals surface area contributed by atoms with E-state index in [1.54, 1.807) is 29.2 Å². The number of hydrogen-bond acceptors (Lipinski definition) is 4. The van der Waals surface area contributed by atoms with Crippen LogP contribution in [0.25, 0.3) is 0 Å². The molecule has 0 saturated carbocycles. The van der Waals surface area contributed by atoms with Crippen molar-refractivity contribution < 1.29 is 19.1 Å². The molecule has 2 aliphatic heterocycles. The quantitative estimate of drug-likeness (QED) is 0.787. The molecule has 2 N–H and O–H groups in total. The Balaban J connectivity index is 1.47. The maximum atomic E-state index is 12.7. The fraction of sp³-hybridized carbons (Fsp3) is 0.591. The number of carbonyl (C=O) groups is 3. The van der Waals surface area contributed by atoms with Gasteiger partial charge in [0.25, 0.3) is 5.91 Å². The van der Waals surface area contributed by atoms with E-state index in [2.05, 4.69) is 10.6 Å². The Morgan fingerprint density at radius 2 is 1.93 bits per heavy atom. The number of amides is 3. The smallest absolute Gasteiger partial charge is 0.251 e. The number of rotatable bonds is 5. The minimum absolute atomic E-state index is 0.0125. The number of carbonyl (C=O) groups excluding carboxylic acids is 3. The van der Waals surface area contributed by atoms with Crippen molar-refractivity contribution in [2.75, 3.05) is 26.2 Å². The summed E-state index contributed by atoms with van der Waals surface area (Å²) in [6, 6.07) is 8.93. The molecule has 1 aromatic carbocycles. The minimum atomic E-state index is -0.271. The Bertz CT molecular complexity index is 735. The van der Waals surface area contributed by atoms with Gasteiger partial charge in [0.05, 0.1) is 18.1 Å². The Hall–Kier alpha value is -2.41. The second-order valence-corrected chi connectivity index (χ2v) is 8.53. The van der Waals surface area contributed by atoms with E-state index >= 15 is 0 Å². The van der Waals surface area contributed by atoms with Crippen LogP contribution in [0.4, 0.5) is 0 Å². The van der Waals surface area contributed by atoms with E-state index in [1.165, 1.54) is 0 Å². The lowest BCUT2D eigenvalue weighted by atomic mass is 9.92. The van der Waals surface area contributed by atoms with E-state index in [0.717, 1.165) is 25.7 Å². The molecular weight excluding hydrogens is 370 g/mol. The van der Waals surface area contributed by atoms with Crippen molar-refractivity contribution in [3.05, 3.63) is 35.9 Å². The maximum absolute atomic E-state index is 12.7. The summed E-state index contributed by atoms with van der Waals surface area (Å²) < 4.78 is 5.71. The number of ether oxygens (including phenoxy) is 1. The van der Waals surface area contributed by atoms with Gasteiger partial charge in [0.15, 0.2) is 0 Å². The van der Waals surface area contributed by atoms with Gasteiger partial charge in [-0.3, -0.25) is 14.4 Å². The number of benzene rings is 1. The van der Waals surface area contributed by atoms with Crippen LogP contribution in [0.15, 0.2) is 30.3 Å². The molecule has 2 unspecified atom stereocenters. The van der Waals surface area contributed by atoms with Crippen LogP contribution in [0.2, 0.25) is 0 Å². The first-order valence-corrected chi connectivity index (χ1v) is 10.4. The van der Waals surface area contributed by atoms with E-state index in [9.17, 15) is 14.4 Å². The van der Waals surface area contributed by atoms with Crippen molar-refractivity contribution >= 4 is 17.7 Å². The molecule has 29 heavy (non-hydrogen) atoms. The molecule has 0 bridgehead atoms. The summed E-state index contributed by atoms with van der Waals surface area (Å²) in [5, 5.41) is 5.82. The predicted octanol–water partition coefficient (Wildman–Crippen LogP) is 1.73. The second kappa shape index (κ2) is 9.39. The monoisotopic (exact) mass is 401 g/mol. The van der Waals surface area contributed by atoms with E-state index < -0.39 is 0 Å². The van der Waals surface area contributed by atoms with Crippen LogP contribution < -0.4 is 10.6 Å². The largest absolute Gasteiger partial charge is 0.375 e. The zero-order valence-corrected chi connectivity index (χ0v) is 17.3. The summed E-state index contributed by atoms with van der Waals surface area (Å²) in [6.07, 6.45) is 3.17. The second-order valence-electron chi connectivity index (χ2n) is 8.53. The molecule has 3 amide bonds. The Labute approximate surface area is 172 Å². The van der Waals surface area contributed by atoms with Crippen LogP contribution in [0, 0.1) is 5.92 Å². The first-order valence-electron chi connectivity index (χ1n) is 10.4. The molecule has 2 atom stereocenters. The summed E-state index contributed by atoms with van der Waals surface area (Å²) in [7, 11) is 0. The van der Waals surface area contributed by atoms with Gasteiger partial charge in [-0.1, -0.05) is 18.2 Å². The van der Waals surface area contributed by atoms with Gasteiger partial charge < -0.3 is 20.3 Å². The average Bonchev–Trinajstić information content (AvgIpc) is 2.71. The molecule has 7 nitrogen and oxygen atoms in total. The van der Waals surface area contributed by atoms with Gasteiger partial charge in [0.1, 0.15) is 0 Å². The standard InChI is InChI=1S/C22H31N3O4/c1-22(2)13-18(10-12-29-22)24-21(28)17-9-6-11-25(15-17)19(26)14-23-20(27)16-7-4-3-5-8-16/h3-5,7-8,17-18H,6,9-15H2,1-2H3,(H,23,27)(H,24,28). The minimum Gasteiger partial charge on any atom is -0.375 e. The Morgan fingerprint density at radius 3 is 2.66 bits per heavy atom. The highest BCUT2D eigenvalue weighted by Crippen LogP contribution is 2.25. The zero-order valence-electron chi connectivity index (χ0n) is 17.3. The van der Waals surface area contributed by atoms with Crippen LogP contribution in [-0.4, -0.2) is 60.5 Å². The molecule has 158 valence electrons. The topological polar surface area (TPSA) is 87.7 Å². The van der Waals surface area contributed by atoms with Gasteiger partial charge in [-0.25, -0.2) is 0 Å². The van der Waals surface area contributed by atoms with Crippen LogP contribution in [0.3, 0.4) is 0 Å². The normalized spacial score (nSPS) is 23.9. The summed E-state index contributed by atoms with van der Waals surface area (Å²) in [5.74, 6) is -0.617. The third-order valence-electron chi connectivity index (χ3n) is 5.62. The SMILES string of the molecule is CC1(C)CC(NC(=O)C2CCCN(C(=O)CNC(=O)c3ccccc3)C2)CCO1. The van der Waals surface area contributed by atoms with Gasteiger partial charge in [0.2, 0.25) is 11.8 Å². The summed E-state index contributed by atoms with van der Waals surface area (Å²) in [4.78, 5) is 39.1. The van der Waals surface area contributed by atoms with Crippen LogP contribution >= 0.6 is 0 Å². The Morgan fingerprint density at radius 1 is 1.17 bits per heavy atom. The number of nitrogens with one attached hydrogen (secondary N) is 2. The highest BCUT2D eigenvalue weighted by atomic mass is 16.5. The molecule has 2 aliphatic rings. The fourth-order valence-corrected chi connectivity index (χ4v) is 4.05. The molecule has 0 spiro atoms. The summed E-state index contributed by atoms with van der Waals surface area (Å²) in [6.45, 7) is 5.68. The maximum Gasteiger partial charge on any atom is 0.251 e. The first-order chi connectivity index (χ1) is 13.8. The van der Waals surface area contributed by atoms with E-state index in [-0.39, 0.29) is 41.8 Å². The number of nitrogens with zero attached hydrogens (tertiary/aromatic N) is 1. The lowest BCUT2D eigenvalue weighted by Gasteiger charge is -2.37. The lowest BCUT2D eigenvalue weighted by Crippen LogP contribution is -2.51. The summed E-state index contributed by atoms with van der Waals surface area (Å²) in [5.41, 5.74) is 0.303. The molecule has 2 fully saturated rings. The third-order valence-corrected chi connectivity index (χ3v) is 5.62. The fourth-order valence-electron chi connectivity index (χ4n) is 4.05. The molecule has 0 aromatic heterocycles. The molecule has 7 heteroatoms. The first kappa shape index (κ1) is 21.3. The lowest BCUT2D eigenvalue weighted by molar-refractivity contribution is -0.135. The third kappa shape index (κ3) is 6.03. The van der Waals surface area contributed by atoms with Crippen molar-refractivity contribution in [1.82, 2.24) is 15.5 Å². The van der Waals surface area contributed by atoms with Crippen molar-refractivity contribution in [2.45, 2.75) is 51.2 Å². The van der Waals surface area contributed by atoms with Gasteiger partial charge in [0, 0.05) is 31.3 Å². The number of likely N-dealkylation sites (tertiary alicyclic amines) is 1. The van der Waals surface area contributed by atoms with Gasteiger partial charge in [-0.15, -0.1) is 0 Å². The number of piperidine rings is 1. The molecule has 2 heterocycles. The molecule has 0 aliphatic carbocycles.